The van der Waals surface area contributed by atoms with Crippen LogP contribution in [0.15, 0.2) is 18.2 Å². The minimum atomic E-state index is -0.218. The van der Waals surface area contributed by atoms with Crippen LogP contribution in [-0.4, -0.2) is 15.2 Å². The molecule has 0 bridgehead atoms. The molecule has 1 aliphatic carbocycles. The van der Waals surface area contributed by atoms with Crippen LogP contribution in [0.2, 0.25) is 0 Å². The first-order valence-corrected chi connectivity index (χ1v) is 6.93. The van der Waals surface area contributed by atoms with Gasteiger partial charge in [0.15, 0.2) is 5.82 Å². The van der Waals surface area contributed by atoms with Gasteiger partial charge in [0.05, 0.1) is 0 Å². The van der Waals surface area contributed by atoms with E-state index >= 15 is 0 Å². The van der Waals surface area contributed by atoms with Gasteiger partial charge in [-0.25, -0.2) is 9.37 Å². The van der Waals surface area contributed by atoms with Crippen LogP contribution in [0, 0.1) is 12.7 Å². The Balaban J connectivity index is 1.87. The van der Waals surface area contributed by atoms with Gasteiger partial charge in [0.1, 0.15) is 11.6 Å². The van der Waals surface area contributed by atoms with E-state index in [-0.39, 0.29) is 5.82 Å². The van der Waals surface area contributed by atoms with Crippen molar-refractivity contribution in [2.45, 2.75) is 44.9 Å². The number of benzene rings is 1. The van der Waals surface area contributed by atoms with Gasteiger partial charge in [-0.1, -0.05) is 19.3 Å². The first-order valence-electron chi connectivity index (χ1n) is 6.93. The molecule has 0 unspecified atom stereocenters. The highest BCUT2D eigenvalue weighted by Crippen LogP contribution is 2.31. The summed E-state index contributed by atoms with van der Waals surface area (Å²) >= 11 is 0. The molecular weight excluding hydrogens is 241 g/mol. The van der Waals surface area contributed by atoms with Gasteiger partial charge < -0.3 is 0 Å². The van der Waals surface area contributed by atoms with E-state index in [1.807, 2.05) is 6.92 Å². The fourth-order valence-corrected chi connectivity index (χ4v) is 2.83. The van der Waals surface area contributed by atoms with E-state index in [0.717, 1.165) is 17.0 Å². The Labute approximate surface area is 112 Å². The van der Waals surface area contributed by atoms with Crippen molar-refractivity contribution in [3.8, 4) is 11.4 Å². The van der Waals surface area contributed by atoms with E-state index in [0.29, 0.717) is 11.7 Å². The number of nitrogens with zero attached hydrogens (tertiary/aromatic N) is 2. The summed E-state index contributed by atoms with van der Waals surface area (Å²) in [5.41, 5.74) is 1.77. The lowest BCUT2D eigenvalue weighted by Gasteiger charge is -2.18. The van der Waals surface area contributed by atoms with Crippen LogP contribution in [0.1, 0.15) is 49.4 Å². The number of halogens is 1. The normalized spacial score (nSPS) is 16.7. The minimum absolute atomic E-state index is 0.218. The van der Waals surface area contributed by atoms with Crippen molar-refractivity contribution in [1.82, 2.24) is 15.2 Å². The molecule has 1 fully saturated rings. The molecule has 0 spiro atoms. The lowest BCUT2D eigenvalue weighted by atomic mass is 9.89. The number of aryl methyl sites for hydroxylation is 1. The standard InChI is InChI=1S/C15H18FN3/c1-10-9-12(16)7-8-13(10)15-17-14(18-19-15)11-5-3-2-4-6-11/h7-9,11H,2-6H2,1H3,(H,17,18,19). The molecule has 3 rings (SSSR count). The molecular formula is C15H18FN3. The van der Waals surface area contributed by atoms with Gasteiger partial charge >= 0.3 is 0 Å². The molecule has 0 amide bonds. The van der Waals surface area contributed by atoms with Gasteiger partial charge in [0.2, 0.25) is 0 Å². The van der Waals surface area contributed by atoms with E-state index in [4.69, 9.17) is 0 Å². The summed E-state index contributed by atoms with van der Waals surface area (Å²) in [6.07, 6.45) is 6.26. The van der Waals surface area contributed by atoms with Crippen molar-refractivity contribution < 1.29 is 4.39 Å². The largest absolute Gasteiger partial charge is 0.262 e. The summed E-state index contributed by atoms with van der Waals surface area (Å²) in [4.78, 5) is 4.61. The summed E-state index contributed by atoms with van der Waals surface area (Å²) in [7, 11) is 0. The molecule has 1 aromatic carbocycles. The SMILES string of the molecule is Cc1cc(F)ccc1-c1n[nH]c(C2CCCCC2)n1. The molecule has 0 atom stereocenters. The number of nitrogens with one attached hydrogen (secondary N) is 1. The highest BCUT2D eigenvalue weighted by molar-refractivity contribution is 5.59. The van der Waals surface area contributed by atoms with Crippen molar-refractivity contribution >= 4 is 0 Å². The lowest BCUT2D eigenvalue weighted by molar-refractivity contribution is 0.429. The Kier molecular flexibility index (Phi) is 3.32. The number of aromatic nitrogens is 3. The maximum atomic E-state index is 13.1. The molecule has 2 aromatic rings. The maximum absolute atomic E-state index is 13.1. The van der Waals surface area contributed by atoms with Crippen LogP contribution in [0.3, 0.4) is 0 Å². The van der Waals surface area contributed by atoms with Gasteiger partial charge in [-0.15, -0.1) is 0 Å². The highest BCUT2D eigenvalue weighted by atomic mass is 19.1. The zero-order valence-electron chi connectivity index (χ0n) is 11.1. The molecule has 1 heterocycles. The number of aromatic amines is 1. The third-order valence-corrected chi connectivity index (χ3v) is 3.92. The average Bonchev–Trinajstić information content (AvgIpc) is 2.89. The van der Waals surface area contributed by atoms with E-state index in [1.165, 1.54) is 44.2 Å². The third kappa shape index (κ3) is 2.53. The van der Waals surface area contributed by atoms with Gasteiger partial charge in [0, 0.05) is 11.5 Å². The minimum Gasteiger partial charge on any atom is -0.262 e. The quantitative estimate of drug-likeness (QED) is 0.886. The number of H-pyrrole nitrogens is 1. The molecule has 0 aliphatic heterocycles. The van der Waals surface area contributed by atoms with Crippen LogP contribution in [0.25, 0.3) is 11.4 Å². The van der Waals surface area contributed by atoms with Crippen LogP contribution in [0.5, 0.6) is 0 Å². The van der Waals surface area contributed by atoms with Crippen molar-refractivity contribution in [2.24, 2.45) is 0 Å². The second-order valence-corrected chi connectivity index (χ2v) is 5.34. The first-order chi connectivity index (χ1) is 9.24. The molecule has 4 heteroatoms. The fourth-order valence-electron chi connectivity index (χ4n) is 2.83. The molecule has 3 nitrogen and oxygen atoms in total. The van der Waals surface area contributed by atoms with Crippen LogP contribution >= 0.6 is 0 Å². The number of hydrogen-bond donors (Lipinski definition) is 1. The van der Waals surface area contributed by atoms with Gasteiger partial charge in [0.25, 0.3) is 0 Å². The molecule has 1 aliphatic rings. The molecule has 1 N–H and O–H groups in total. The first kappa shape index (κ1) is 12.3. The number of rotatable bonds is 2. The van der Waals surface area contributed by atoms with Crippen LogP contribution in [0.4, 0.5) is 4.39 Å². The lowest BCUT2D eigenvalue weighted by Crippen LogP contribution is -2.06. The van der Waals surface area contributed by atoms with Crippen molar-refractivity contribution in [3.63, 3.8) is 0 Å². The zero-order valence-corrected chi connectivity index (χ0v) is 11.1. The smallest absolute Gasteiger partial charge is 0.181 e. The molecule has 0 radical (unpaired) electrons. The summed E-state index contributed by atoms with van der Waals surface area (Å²) in [6.45, 7) is 1.88. The second-order valence-electron chi connectivity index (χ2n) is 5.34. The molecule has 1 aromatic heterocycles. The van der Waals surface area contributed by atoms with Crippen molar-refractivity contribution in [2.75, 3.05) is 0 Å². The molecule has 19 heavy (non-hydrogen) atoms. The van der Waals surface area contributed by atoms with Gasteiger partial charge in [-0.3, -0.25) is 5.10 Å². The van der Waals surface area contributed by atoms with Gasteiger partial charge in [-0.05, 0) is 43.5 Å². The Morgan fingerprint density at radius 2 is 2.00 bits per heavy atom. The Morgan fingerprint density at radius 1 is 1.21 bits per heavy atom. The van der Waals surface area contributed by atoms with Crippen LogP contribution < -0.4 is 0 Å². The Bertz CT molecular complexity index is 571. The summed E-state index contributed by atoms with van der Waals surface area (Å²) < 4.78 is 13.1. The van der Waals surface area contributed by atoms with E-state index < -0.39 is 0 Å². The Morgan fingerprint density at radius 3 is 2.74 bits per heavy atom. The second kappa shape index (κ2) is 5.11. The maximum Gasteiger partial charge on any atom is 0.181 e. The number of hydrogen-bond acceptors (Lipinski definition) is 2. The molecule has 0 saturated heterocycles. The summed E-state index contributed by atoms with van der Waals surface area (Å²) in [5, 5.41) is 7.35. The average molecular weight is 259 g/mol. The van der Waals surface area contributed by atoms with E-state index in [2.05, 4.69) is 15.2 Å². The zero-order chi connectivity index (χ0) is 13.2. The topological polar surface area (TPSA) is 41.6 Å². The summed E-state index contributed by atoms with van der Waals surface area (Å²) in [6, 6.07) is 4.73. The summed E-state index contributed by atoms with van der Waals surface area (Å²) in [5.74, 6) is 1.96. The highest BCUT2D eigenvalue weighted by Gasteiger charge is 2.19. The monoisotopic (exact) mass is 259 g/mol. The van der Waals surface area contributed by atoms with Crippen molar-refractivity contribution in [3.05, 3.63) is 35.4 Å². The molecule has 100 valence electrons. The molecule has 1 saturated carbocycles. The Hall–Kier alpha value is -1.71. The predicted octanol–water partition coefficient (Wildman–Crippen LogP) is 3.97. The predicted molar refractivity (Wildman–Crippen MR) is 72.3 cm³/mol. The van der Waals surface area contributed by atoms with E-state index in [1.54, 1.807) is 6.07 Å². The van der Waals surface area contributed by atoms with Gasteiger partial charge in [-0.2, -0.15) is 5.10 Å². The third-order valence-electron chi connectivity index (χ3n) is 3.92. The van der Waals surface area contributed by atoms with Crippen molar-refractivity contribution in [1.29, 1.82) is 0 Å². The van der Waals surface area contributed by atoms with E-state index in [9.17, 15) is 4.39 Å². The fraction of sp³-hybridized carbons (Fsp3) is 0.467. The van der Waals surface area contributed by atoms with Crippen LogP contribution in [-0.2, 0) is 0 Å².